The molecule has 3 rings (SSSR count). The van der Waals surface area contributed by atoms with Crippen molar-refractivity contribution in [2.24, 2.45) is 0 Å². The summed E-state index contributed by atoms with van der Waals surface area (Å²) in [5, 5.41) is 3.67. The minimum absolute atomic E-state index is 0.00935. The highest BCUT2D eigenvalue weighted by Crippen LogP contribution is 2.29. The first-order chi connectivity index (χ1) is 12.2. The first kappa shape index (κ1) is 18.4. The second-order valence-corrected chi connectivity index (χ2v) is 8.15. The molecule has 134 valence electrons. The third-order valence-corrected chi connectivity index (χ3v) is 5.99. The topological polar surface area (TPSA) is 51.2 Å². The van der Waals surface area contributed by atoms with Crippen LogP contribution in [0.3, 0.4) is 0 Å². The van der Waals surface area contributed by atoms with Gasteiger partial charge in [-0.2, -0.15) is 0 Å². The van der Waals surface area contributed by atoms with E-state index in [1.807, 2.05) is 6.07 Å². The summed E-state index contributed by atoms with van der Waals surface area (Å²) >= 11 is 5.15. The Hall–Kier alpha value is -1.40. The lowest BCUT2D eigenvalue weighted by molar-refractivity contribution is -0.116. The summed E-state index contributed by atoms with van der Waals surface area (Å²) < 4.78 is 6.73. The van der Waals surface area contributed by atoms with E-state index in [1.165, 1.54) is 29.0 Å². The average molecular weight is 423 g/mol. The van der Waals surface area contributed by atoms with Crippen LogP contribution >= 0.6 is 27.3 Å². The van der Waals surface area contributed by atoms with Gasteiger partial charge in [-0.25, -0.2) is 4.98 Å². The molecule has 0 fully saturated rings. The summed E-state index contributed by atoms with van der Waals surface area (Å²) in [6.45, 7) is 2.64. The second-order valence-electron chi connectivity index (χ2n) is 6.21. The minimum atomic E-state index is 0.00935. The number of benzene rings is 1. The Kier molecular flexibility index (Phi) is 6.48. The summed E-state index contributed by atoms with van der Waals surface area (Å²) in [5.74, 6) is 0.834. The molecule has 2 aromatic rings. The zero-order valence-corrected chi connectivity index (χ0v) is 16.8. The van der Waals surface area contributed by atoms with Gasteiger partial charge in [-0.1, -0.05) is 13.0 Å². The maximum Gasteiger partial charge on any atom is 0.226 e. The number of amides is 1. The fraction of sp³-hybridized carbons (Fsp3) is 0.474. The van der Waals surface area contributed by atoms with Crippen molar-refractivity contribution in [3.63, 3.8) is 0 Å². The van der Waals surface area contributed by atoms with Crippen LogP contribution in [0, 0.1) is 0 Å². The number of carbonyl (C=O) groups excluding carboxylic acids is 1. The van der Waals surface area contributed by atoms with E-state index in [2.05, 4.69) is 45.3 Å². The number of thiazole rings is 1. The maximum absolute atomic E-state index is 12.1. The molecule has 1 amide bonds. The Bertz CT molecular complexity index is 722. The highest BCUT2D eigenvalue weighted by atomic mass is 79.9. The Morgan fingerprint density at radius 2 is 2.20 bits per heavy atom. The quantitative estimate of drug-likeness (QED) is 0.627. The van der Waals surface area contributed by atoms with E-state index in [0.29, 0.717) is 19.4 Å². The normalized spacial score (nSPS) is 13.4. The molecule has 0 bridgehead atoms. The van der Waals surface area contributed by atoms with Gasteiger partial charge in [0.1, 0.15) is 5.75 Å². The van der Waals surface area contributed by atoms with Crippen LogP contribution in [0.5, 0.6) is 5.75 Å². The molecule has 0 saturated heterocycles. The van der Waals surface area contributed by atoms with Gasteiger partial charge < -0.3 is 10.1 Å². The van der Waals surface area contributed by atoms with Crippen LogP contribution in [0.1, 0.15) is 48.7 Å². The van der Waals surface area contributed by atoms with E-state index in [9.17, 15) is 4.79 Å². The van der Waals surface area contributed by atoms with Gasteiger partial charge in [0.15, 0.2) is 5.13 Å². The van der Waals surface area contributed by atoms with Crippen LogP contribution in [0.25, 0.3) is 0 Å². The molecular formula is C19H23BrN2O2S. The molecule has 25 heavy (non-hydrogen) atoms. The highest BCUT2D eigenvalue weighted by Gasteiger charge is 2.16. The maximum atomic E-state index is 12.1. The number of halogens is 1. The first-order valence-corrected chi connectivity index (χ1v) is 10.5. The summed E-state index contributed by atoms with van der Waals surface area (Å²) in [5.41, 5.74) is 2.44. The number of hydrogen-bond acceptors (Lipinski definition) is 4. The molecule has 0 spiro atoms. The van der Waals surface area contributed by atoms with Crippen LogP contribution in [0.2, 0.25) is 0 Å². The van der Waals surface area contributed by atoms with E-state index in [-0.39, 0.29) is 5.91 Å². The molecule has 1 heterocycles. The van der Waals surface area contributed by atoms with E-state index in [4.69, 9.17) is 4.74 Å². The van der Waals surface area contributed by atoms with Gasteiger partial charge in [-0.3, -0.25) is 4.79 Å². The summed E-state index contributed by atoms with van der Waals surface area (Å²) in [6, 6.07) is 6.12. The van der Waals surface area contributed by atoms with Crippen molar-refractivity contribution in [3.8, 4) is 5.75 Å². The molecule has 1 aromatic carbocycles. The smallest absolute Gasteiger partial charge is 0.226 e. The molecular weight excluding hydrogens is 400 g/mol. The molecule has 1 N–H and O–H groups in total. The van der Waals surface area contributed by atoms with Crippen molar-refractivity contribution in [3.05, 3.63) is 38.8 Å². The molecule has 0 atom stereocenters. The van der Waals surface area contributed by atoms with Crippen molar-refractivity contribution in [2.75, 3.05) is 11.9 Å². The first-order valence-electron chi connectivity index (χ1n) is 8.85. The molecule has 1 aliphatic carbocycles. The molecule has 1 aromatic heterocycles. The van der Waals surface area contributed by atoms with Crippen LogP contribution in [0.15, 0.2) is 22.7 Å². The monoisotopic (exact) mass is 422 g/mol. The van der Waals surface area contributed by atoms with Crippen molar-refractivity contribution in [1.82, 2.24) is 4.98 Å². The molecule has 6 heteroatoms. The van der Waals surface area contributed by atoms with Crippen molar-refractivity contribution in [1.29, 1.82) is 0 Å². The number of ether oxygens (including phenoxy) is 1. The Labute approximate surface area is 161 Å². The lowest BCUT2D eigenvalue weighted by Gasteiger charge is -2.09. The molecule has 0 unspecified atom stereocenters. The zero-order valence-electron chi connectivity index (χ0n) is 14.4. The number of fused-ring (bicyclic) bond motifs is 1. The van der Waals surface area contributed by atoms with E-state index < -0.39 is 0 Å². The largest absolute Gasteiger partial charge is 0.492 e. The summed E-state index contributed by atoms with van der Waals surface area (Å²) in [4.78, 5) is 18.0. The van der Waals surface area contributed by atoms with Gasteiger partial charge in [-0.15, -0.1) is 11.3 Å². The van der Waals surface area contributed by atoms with E-state index in [1.54, 1.807) is 11.3 Å². The lowest BCUT2D eigenvalue weighted by atomic mass is 10.0. The van der Waals surface area contributed by atoms with E-state index >= 15 is 0 Å². The van der Waals surface area contributed by atoms with Gasteiger partial charge in [0, 0.05) is 11.3 Å². The van der Waals surface area contributed by atoms with E-state index in [0.717, 1.165) is 34.6 Å². The fourth-order valence-corrected chi connectivity index (χ4v) is 4.49. The SMILES string of the molecule is CCc1ccc(OCCCC(=O)Nc2nc3c(s2)CCCC3)c(Br)c1. The van der Waals surface area contributed by atoms with Crippen molar-refractivity contribution < 1.29 is 9.53 Å². The number of nitrogens with one attached hydrogen (secondary N) is 1. The van der Waals surface area contributed by atoms with Crippen LogP contribution < -0.4 is 10.1 Å². The molecule has 0 aliphatic heterocycles. The Balaban J connectivity index is 1.41. The van der Waals surface area contributed by atoms with Gasteiger partial charge >= 0.3 is 0 Å². The number of anilines is 1. The summed E-state index contributed by atoms with van der Waals surface area (Å²) in [7, 11) is 0. The number of rotatable bonds is 7. The van der Waals surface area contributed by atoms with Gasteiger partial charge in [0.25, 0.3) is 0 Å². The zero-order chi connectivity index (χ0) is 17.6. The molecule has 1 aliphatic rings. The number of hydrogen-bond donors (Lipinski definition) is 1. The second kappa shape index (κ2) is 8.81. The third-order valence-electron chi connectivity index (χ3n) is 4.30. The minimum Gasteiger partial charge on any atom is -0.492 e. The molecule has 0 saturated carbocycles. The Morgan fingerprint density at radius 1 is 1.36 bits per heavy atom. The average Bonchev–Trinajstić information content (AvgIpc) is 3.01. The van der Waals surface area contributed by atoms with Gasteiger partial charge in [-0.05, 0) is 72.2 Å². The van der Waals surface area contributed by atoms with Gasteiger partial charge in [0.2, 0.25) is 5.91 Å². The standard InChI is InChI=1S/C19H23BrN2O2S/c1-2-13-9-10-16(14(20)12-13)24-11-5-8-18(23)22-19-21-15-6-3-4-7-17(15)25-19/h9-10,12H,2-8,11H2,1H3,(H,21,22,23). The third kappa shape index (κ3) is 5.05. The molecule has 0 radical (unpaired) electrons. The Morgan fingerprint density at radius 3 is 2.96 bits per heavy atom. The predicted molar refractivity (Wildman–Crippen MR) is 106 cm³/mol. The van der Waals surface area contributed by atoms with Crippen LogP contribution in [0.4, 0.5) is 5.13 Å². The van der Waals surface area contributed by atoms with Crippen LogP contribution in [-0.4, -0.2) is 17.5 Å². The lowest BCUT2D eigenvalue weighted by Crippen LogP contribution is -2.12. The van der Waals surface area contributed by atoms with Crippen molar-refractivity contribution >= 4 is 38.3 Å². The highest BCUT2D eigenvalue weighted by molar-refractivity contribution is 9.10. The van der Waals surface area contributed by atoms with Crippen molar-refractivity contribution in [2.45, 2.75) is 51.9 Å². The molecule has 4 nitrogen and oxygen atoms in total. The summed E-state index contributed by atoms with van der Waals surface area (Å²) in [6.07, 6.45) is 6.70. The van der Waals surface area contributed by atoms with Gasteiger partial charge in [0.05, 0.1) is 16.8 Å². The van der Waals surface area contributed by atoms with Crippen LogP contribution in [-0.2, 0) is 24.1 Å². The number of carbonyl (C=O) groups is 1. The fourth-order valence-electron chi connectivity index (χ4n) is 2.88. The number of nitrogens with zero attached hydrogens (tertiary/aromatic N) is 1. The number of aromatic nitrogens is 1. The predicted octanol–water partition coefficient (Wildman–Crippen LogP) is 5.14. The number of aryl methyl sites for hydroxylation is 3.